The molecule has 3 aromatic carbocycles. The molecule has 7 heteroatoms. The fourth-order valence-corrected chi connectivity index (χ4v) is 4.16. The third-order valence-electron chi connectivity index (χ3n) is 6.00. The summed E-state index contributed by atoms with van der Waals surface area (Å²) in [6.45, 7) is 0.304. The van der Waals surface area contributed by atoms with E-state index in [9.17, 15) is 9.59 Å². The van der Waals surface area contributed by atoms with E-state index in [4.69, 9.17) is 9.47 Å². The van der Waals surface area contributed by atoms with Gasteiger partial charge in [0.1, 0.15) is 6.54 Å². The van der Waals surface area contributed by atoms with Crippen LogP contribution in [0.2, 0.25) is 0 Å². The Morgan fingerprint density at radius 2 is 1.50 bits per heavy atom. The summed E-state index contributed by atoms with van der Waals surface area (Å²) < 4.78 is 11.8. The Bertz CT molecular complexity index is 1310. The van der Waals surface area contributed by atoms with Gasteiger partial charge in [0.15, 0.2) is 11.5 Å². The molecule has 1 N–H and O–H groups in total. The van der Waals surface area contributed by atoms with Gasteiger partial charge in [-0.3, -0.25) is 9.59 Å². The molecule has 0 radical (unpaired) electrons. The number of benzene rings is 3. The summed E-state index contributed by atoms with van der Waals surface area (Å²) in [6.07, 6.45) is 0.730. The lowest BCUT2D eigenvalue weighted by Gasteiger charge is -2.18. The molecule has 0 saturated carbocycles. The highest BCUT2D eigenvalue weighted by Gasteiger charge is 2.15. The van der Waals surface area contributed by atoms with Gasteiger partial charge in [0, 0.05) is 24.1 Å². The number of nitrogens with zero attached hydrogens (tertiary/aromatic N) is 2. The number of hydrogen-bond donors (Lipinski definition) is 1. The van der Waals surface area contributed by atoms with Crippen LogP contribution in [0, 0.1) is 0 Å². The molecule has 4 rings (SSSR count). The Labute approximate surface area is 210 Å². The van der Waals surface area contributed by atoms with E-state index >= 15 is 0 Å². The highest BCUT2D eigenvalue weighted by molar-refractivity contribution is 5.75. The first-order valence-corrected chi connectivity index (χ1v) is 11.8. The van der Waals surface area contributed by atoms with Gasteiger partial charge in [0.25, 0.3) is 5.56 Å². The van der Waals surface area contributed by atoms with Crippen LogP contribution in [0.3, 0.4) is 0 Å². The summed E-state index contributed by atoms with van der Waals surface area (Å²) in [5.41, 5.74) is 3.34. The van der Waals surface area contributed by atoms with Crippen LogP contribution in [0.25, 0.3) is 11.3 Å². The van der Waals surface area contributed by atoms with Crippen molar-refractivity contribution in [2.75, 3.05) is 20.8 Å². The lowest BCUT2D eigenvalue weighted by atomic mass is 9.88. The fraction of sp³-hybridized carbons (Fsp3) is 0.207. The van der Waals surface area contributed by atoms with Crippen molar-refractivity contribution >= 4 is 5.91 Å². The SMILES string of the molecule is COc1ccc(-c2ccc(=O)n(CC(=O)NCCC(c3ccccc3)c3ccccc3)n2)cc1OC. The number of hydrogen-bond acceptors (Lipinski definition) is 5. The lowest BCUT2D eigenvalue weighted by Crippen LogP contribution is -2.34. The molecular formula is C29H29N3O4. The van der Waals surface area contributed by atoms with Crippen LogP contribution < -0.4 is 20.3 Å². The molecule has 0 unspecified atom stereocenters. The van der Waals surface area contributed by atoms with Gasteiger partial charge in [0.2, 0.25) is 5.91 Å². The number of nitrogens with one attached hydrogen (secondary N) is 1. The predicted molar refractivity (Wildman–Crippen MR) is 139 cm³/mol. The van der Waals surface area contributed by atoms with Gasteiger partial charge >= 0.3 is 0 Å². The number of amides is 1. The van der Waals surface area contributed by atoms with Crippen molar-refractivity contribution in [2.45, 2.75) is 18.9 Å². The topological polar surface area (TPSA) is 82.5 Å². The predicted octanol–water partition coefficient (Wildman–Crippen LogP) is 4.27. The van der Waals surface area contributed by atoms with E-state index in [-0.39, 0.29) is 23.9 Å². The monoisotopic (exact) mass is 483 g/mol. The zero-order valence-corrected chi connectivity index (χ0v) is 20.4. The molecule has 4 aromatic rings. The van der Waals surface area contributed by atoms with Crippen LogP contribution in [0.4, 0.5) is 0 Å². The van der Waals surface area contributed by atoms with Gasteiger partial charge in [-0.1, -0.05) is 60.7 Å². The van der Waals surface area contributed by atoms with Crippen LogP contribution >= 0.6 is 0 Å². The van der Waals surface area contributed by atoms with E-state index < -0.39 is 0 Å². The minimum absolute atomic E-state index is 0.155. The average molecular weight is 484 g/mol. The molecule has 0 aliphatic carbocycles. The van der Waals surface area contributed by atoms with Crippen LogP contribution in [0.15, 0.2) is 95.8 Å². The third-order valence-corrected chi connectivity index (χ3v) is 6.00. The molecular weight excluding hydrogens is 454 g/mol. The summed E-state index contributed by atoms with van der Waals surface area (Å²) in [7, 11) is 3.12. The largest absolute Gasteiger partial charge is 0.493 e. The molecule has 0 aliphatic rings. The van der Waals surface area contributed by atoms with Gasteiger partial charge in [-0.15, -0.1) is 0 Å². The smallest absolute Gasteiger partial charge is 0.267 e. The molecule has 7 nitrogen and oxygen atoms in total. The Morgan fingerprint density at radius 3 is 2.11 bits per heavy atom. The zero-order chi connectivity index (χ0) is 25.3. The quantitative estimate of drug-likeness (QED) is 0.364. The normalized spacial score (nSPS) is 10.8. The van der Waals surface area contributed by atoms with Gasteiger partial charge in [0.05, 0.1) is 19.9 Å². The van der Waals surface area contributed by atoms with E-state index in [0.717, 1.165) is 12.0 Å². The van der Waals surface area contributed by atoms with Crippen LogP contribution in [0.5, 0.6) is 11.5 Å². The standard InChI is InChI=1S/C29H29N3O4/c1-35-26-15-13-23(19-27(26)36-2)25-14-16-29(34)32(31-25)20-28(33)30-18-17-24(21-9-5-3-6-10-21)22-11-7-4-8-12-22/h3-16,19,24H,17-18,20H2,1-2H3,(H,30,33). The number of ether oxygens (including phenoxy) is 2. The molecule has 0 atom stereocenters. The summed E-state index contributed by atoms with van der Waals surface area (Å²) >= 11 is 0. The number of methoxy groups -OCH3 is 2. The second kappa shape index (κ2) is 11.8. The van der Waals surface area contributed by atoms with Crippen molar-refractivity contribution in [3.8, 4) is 22.8 Å². The average Bonchev–Trinajstić information content (AvgIpc) is 2.93. The highest BCUT2D eigenvalue weighted by atomic mass is 16.5. The van der Waals surface area contributed by atoms with Crippen LogP contribution in [-0.4, -0.2) is 36.5 Å². The Kier molecular flexibility index (Phi) is 8.13. The van der Waals surface area contributed by atoms with Crippen molar-refractivity contribution < 1.29 is 14.3 Å². The van der Waals surface area contributed by atoms with E-state index in [1.807, 2.05) is 42.5 Å². The maximum Gasteiger partial charge on any atom is 0.267 e. The maximum absolute atomic E-state index is 12.7. The minimum Gasteiger partial charge on any atom is -0.493 e. The summed E-state index contributed by atoms with van der Waals surface area (Å²) in [4.78, 5) is 25.1. The number of carbonyl (C=O) groups excluding carboxylic acids is 1. The number of carbonyl (C=O) groups is 1. The minimum atomic E-state index is -0.346. The first-order chi connectivity index (χ1) is 17.6. The summed E-state index contributed by atoms with van der Waals surface area (Å²) in [6, 6.07) is 28.9. The molecule has 0 fully saturated rings. The zero-order valence-electron chi connectivity index (χ0n) is 20.4. The summed E-state index contributed by atoms with van der Waals surface area (Å²) in [5, 5.41) is 7.34. The molecule has 0 saturated heterocycles. The van der Waals surface area contributed by atoms with E-state index in [1.165, 1.54) is 21.9 Å². The van der Waals surface area contributed by atoms with Crippen molar-refractivity contribution in [3.05, 3.63) is 112 Å². The molecule has 0 bridgehead atoms. The van der Waals surface area contributed by atoms with Crippen molar-refractivity contribution in [1.29, 1.82) is 0 Å². The second-order valence-corrected chi connectivity index (χ2v) is 8.30. The Balaban J connectivity index is 1.43. The van der Waals surface area contributed by atoms with Crippen molar-refractivity contribution in [2.24, 2.45) is 0 Å². The van der Waals surface area contributed by atoms with E-state index in [1.54, 1.807) is 32.4 Å². The van der Waals surface area contributed by atoms with Gasteiger partial charge < -0.3 is 14.8 Å². The first-order valence-electron chi connectivity index (χ1n) is 11.8. The first kappa shape index (κ1) is 24.7. The van der Waals surface area contributed by atoms with Gasteiger partial charge in [-0.05, 0) is 41.8 Å². The second-order valence-electron chi connectivity index (χ2n) is 8.30. The molecule has 0 aliphatic heterocycles. The van der Waals surface area contributed by atoms with E-state index in [0.29, 0.717) is 23.7 Å². The molecule has 1 amide bonds. The molecule has 1 heterocycles. The summed E-state index contributed by atoms with van der Waals surface area (Å²) in [5.74, 6) is 1.04. The number of aromatic nitrogens is 2. The Morgan fingerprint density at radius 1 is 0.861 bits per heavy atom. The van der Waals surface area contributed by atoms with Crippen molar-refractivity contribution in [3.63, 3.8) is 0 Å². The lowest BCUT2D eigenvalue weighted by molar-refractivity contribution is -0.121. The van der Waals surface area contributed by atoms with Gasteiger partial charge in [-0.25, -0.2) is 4.68 Å². The molecule has 1 aromatic heterocycles. The highest BCUT2D eigenvalue weighted by Crippen LogP contribution is 2.31. The van der Waals surface area contributed by atoms with Crippen LogP contribution in [-0.2, 0) is 11.3 Å². The molecule has 36 heavy (non-hydrogen) atoms. The molecule has 0 spiro atoms. The fourth-order valence-electron chi connectivity index (χ4n) is 4.16. The number of rotatable bonds is 10. The molecule has 184 valence electrons. The van der Waals surface area contributed by atoms with Gasteiger partial charge in [-0.2, -0.15) is 5.10 Å². The van der Waals surface area contributed by atoms with E-state index in [2.05, 4.69) is 34.7 Å². The maximum atomic E-state index is 12.7. The van der Waals surface area contributed by atoms with Crippen LogP contribution in [0.1, 0.15) is 23.5 Å². The third kappa shape index (κ3) is 5.99. The Hall–Kier alpha value is -4.39. The van der Waals surface area contributed by atoms with Crippen molar-refractivity contribution in [1.82, 2.24) is 15.1 Å².